The Bertz CT molecular complexity index is 125. The predicted molar refractivity (Wildman–Crippen MR) is 62.9 cm³/mol. The van der Waals surface area contributed by atoms with Crippen molar-refractivity contribution in [2.45, 2.75) is 20.0 Å². The number of azide groups is 1. The van der Waals surface area contributed by atoms with Crippen LogP contribution < -0.4 is 0 Å². The summed E-state index contributed by atoms with van der Waals surface area (Å²) in [5.41, 5.74) is 7.84. The Morgan fingerprint density at radius 3 is 2.27 bits per heavy atom. The summed E-state index contributed by atoms with van der Waals surface area (Å²) in [7, 11) is 0. The minimum atomic E-state index is -0.499. The summed E-state index contributed by atoms with van der Waals surface area (Å²) in [6.07, 6.45) is -0.499. The van der Waals surface area contributed by atoms with E-state index in [1.165, 1.54) is 0 Å². The van der Waals surface area contributed by atoms with Gasteiger partial charge in [0, 0.05) is 42.1 Å². The molecule has 66 valence electrons. The fourth-order valence-corrected chi connectivity index (χ4v) is 0.331. The molecule has 1 atom stereocenters. The number of aliphatic hydroxyl groups is 1. The highest BCUT2D eigenvalue weighted by Crippen LogP contribution is 2.00. The van der Waals surface area contributed by atoms with E-state index in [-0.39, 0.29) is 12.5 Å². The zero-order valence-electron chi connectivity index (χ0n) is 6.41. The maximum Gasteiger partial charge on any atom is 0.0619 e. The second-order valence-electron chi connectivity index (χ2n) is 2.22. The summed E-state index contributed by atoms with van der Waals surface area (Å²) in [5, 5.41) is 12.2. The monoisotopic (exact) mass is 383 g/mol. The highest BCUT2D eigenvalue weighted by molar-refractivity contribution is 15.0. The molecular weight excluding hydrogens is 372 g/mol. The lowest BCUT2D eigenvalue weighted by Gasteiger charge is -2.09. The molecule has 0 spiro atoms. The summed E-state index contributed by atoms with van der Waals surface area (Å²) in [5.74, 6) is 0.162. The van der Waals surface area contributed by atoms with Gasteiger partial charge in [-0.05, 0) is 11.4 Å². The largest absolute Gasteiger partial charge is 0.393 e. The normalized spacial score (nSPS) is 11.1. The second-order valence-corrected chi connectivity index (χ2v) is 2.22. The van der Waals surface area contributed by atoms with Gasteiger partial charge in [-0.15, -0.1) is 0 Å². The average Bonchev–Trinajstić information content (AvgIpc) is 2.03. The zero-order chi connectivity index (χ0) is 9.28. The van der Waals surface area contributed by atoms with Crippen molar-refractivity contribution in [1.29, 1.82) is 0 Å². The number of hydrogen-bond donors (Lipinski definition) is 1. The minimum Gasteiger partial charge on any atom is -0.393 e. The summed E-state index contributed by atoms with van der Waals surface area (Å²) < 4.78 is 0. The molecular formula is C5H11I2N3O. The molecule has 0 radical (unpaired) electrons. The third-order valence-corrected chi connectivity index (χ3v) is 1.10. The van der Waals surface area contributed by atoms with E-state index < -0.39 is 6.10 Å². The molecule has 1 unspecified atom stereocenters. The molecule has 0 aromatic heterocycles. The number of halogens is 2. The van der Waals surface area contributed by atoms with E-state index in [9.17, 15) is 0 Å². The molecule has 6 heteroatoms. The second kappa shape index (κ2) is 10.7. The van der Waals surface area contributed by atoms with Crippen LogP contribution in [0, 0.1) is 5.92 Å². The molecule has 0 bridgehead atoms. The van der Waals surface area contributed by atoms with Gasteiger partial charge in [0.05, 0.1) is 12.6 Å². The Kier molecular flexibility index (Phi) is 13.9. The van der Waals surface area contributed by atoms with E-state index in [2.05, 4.69) is 47.3 Å². The van der Waals surface area contributed by atoms with Crippen LogP contribution in [0.15, 0.2) is 5.11 Å². The van der Waals surface area contributed by atoms with E-state index >= 15 is 0 Å². The SMILES string of the molecule is CC(C)C(O)CN=[N+]=[N-].II. The third-order valence-electron chi connectivity index (χ3n) is 1.10. The van der Waals surface area contributed by atoms with Crippen molar-refractivity contribution in [3.63, 3.8) is 0 Å². The van der Waals surface area contributed by atoms with Gasteiger partial charge in [-0.1, -0.05) is 19.0 Å². The Balaban J connectivity index is 0. The molecule has 1 N–H and O–H groups in total. The van der Waals surface area contributed by atoms with Crippen LogP contribution in [0.4, 0.5) is 0 Å². The summed E-state index contributed by atoms with van der Waals surface area (Å²) in [6.45, 7) is 3.92. The van der Waals surface area contributed by atoms with Gasteiger partial charge >= 0.3 is 0 Å². The number of rotatable bonds is 3. The van der Waals surface area contributed by atoms with Crippen molar-refractivity contribution in [2.24, 2.45) is 11.0 Å². The van der Waals surface area contributed by atoms with Crippen molar-refractivity contribution in [3.8, 4) is 0 Å². The molecule has 0 rings (SSSR count). The summed E-state index contributed by atoms with van der Waals surface area (Å²) >= 11 is 4.24. The maximum atomic E-state index is 8.99. The van der Waals surface area contributed by atoms with Crippen LogP contribution in [-0.4, -0.2) is 17.8 Å². The highest BCUT2D eigenvalue weighted by atomic mass is 128. The van der Waals surface area contributed by atoms with Gasteiger partial charge in [-0.2, -0.15) is 0 Å². The van der Waals surface area contributed by atoms with Crippen molar-refractivity contribution in [3.05, 3.63) is 10.4 Å². The zero-order valence-corrected chi connectivity index (χ0v) is 10.7. The van der Waals surface area contributed by atoms with Gasteiger partial charge in [-0.25, -0.2) is 0 Å². The first kappa shape index (κ1) is 14.3. The molecule has 0 aliphatic rings. The van der Waals surface area contributed by atoms with Crippen LogP contribution >= 0.6 is 37.2 Å². The Morgan fingerprint density at radius 1 is 1.55 bits per heavy atom. The molecule has 11 heavy (non-hydrogen) atoms. The molecule has 0 fully saturated rings. The average molecular weight is 383 g/mol. The minimum absolute atomic E-state index is 0.162. The smallest absolute Gasteiger partial charge is 0.0619 e. The molecule has 0 aromatic rings. The first-order valence-electron chi connectivity index (χ1n) is 3.01. The van der Waals surface area contributed by atoms with Crippen LogP contribution in [0.25, 0.3) is 10.4 Å². The molecule has 0 amide bonds. The summed E-state index contributed by atoms with van der Waals surface area (Å²) in [6, 6.07) is 0. The van der Waals surface area contributed by atoms with Gasteiger partial charge in [-0.3, -0.25) is 0 Å². The lowest BCUT2D eigenvalue weighted by atomic mass is 10.1. The number of aliphatic hydroxyl groups excluding tert-OH is 1. The first-order valence-corrected chi connectivity index (χ1v) is 9.30. The predicted octanol–water partition coefficient (Wildman–Crippen LogP) is 3.09. The van der Waals surface area contributed by atoms with Crippen molar-refractivity contribution >= 4 is 37.2 Å². The molecule has 0 heterocycles. The van der Waals surface area contributed by atoms with Crippen molar-refractivity contribution < 1.29 is 5.11 Å². The Hall–Kier alpha value is 0.730. The summed E-state index contributed by atoms with van der Waals surface area (Å²) in [4.78, 5) is 2.52. The highest BCUT2D eigenvalue weighted by Gasteiger charge is 2.05. The lowest BCUT2D eigenvalue weighted by molar-refractivity contribution is 0.133. The molecule has 0 saturated heterocycles. The Labute approximate surface area is 89.7 Å². The number of nitrogens with zero attached hydrogens (tertiary/aromatic N) is 3. The van der Waals surface area contributed by atoms with Gasteiger partial charge < -0.3 is 5.11 Å². The van der Waals surface area contributed by atoms with Crippen LogP contribution in [0.1, 0.15) is 13.8 Å². The van der Waals surface area contributed by atoms with Gasteiger partial charge in [0.1, 0.15) is 0 Å². The lowest BCUT2D eigenvalue weighted by Crippen LogP contribution is -2.17. The standard InChI is InChI=1S/C5H11N3O.I2/c1-4(2)5(9)3-7-8-6;1-2/h4-5,9H,3H2,1-2H3;. The van der Waals surface area contributed by atoms with Crippen molar-refractivity contribution in [2.75, 3.05) is 6.54 Å². The Morgan fingerprint density at radius 2 is 2.00 bits per heavy atom. The van der Waals surface area contributed by atoms with Gasteiger partial charge in [0.2, 0.25) is 0 Å². The van der Waals surface area contributed by atoms with Crippen molar-refractivity contribution in [1.82, 2.24) is 0 Å². The van der Waals surface area contributed by atoms with Gasteiger partial charge in [0.15, 0.2) is 0 Å². The van der Waals surface area contributed by atoms with Gasteiger partial charge in [0.25, 0.3) is 0 Å². The first-order chi connectivity index (χ1) is 5.18. The molecule has 0 aliphatic heterocycles. The quantitative estimate of drug-likeness (QED) is 0.346. The third kappa shape index (κ3) is 10.7. The number of hydrogen-bond acceptors (Lipinski definition) is 2. The van der Waals surface area contributed by atoms with E-state index in [1.807, 2.05) is 13.8 Å². The van der Waals surface area contributed by atoms with Crippen LogP contribution in [0.3, 0.4) is 0 Å². The maximum absolute atomic E-state index is 8.99. The van der Waals surface area contributed by atoms with E-state index in [0.717, 1.165) is 0 Å². The topological polar surface area (TPSA) is 69.0 Å². The van der Waals surface area contributed by atoms with E-state index in [0.29, 0.717) is 0 Å². The molecule has 4 nitrogen and oxygen atoms in total. The molecule has 0 aromatic carbocycles. The molecule has 0 saturated carbocycles. The van der Waals surface area contributed by atoms with Crippen LogP contribution in [0.5, 0.6) is 0 Å². The van der Waals surface area contributed by atoms with E-state index in [4.69, 9.17) is 10.6 Å². The van der Waals surface area contributed by atoms with Crippen LogP contribution in [-0.2, 0) is 0 Å². The van der Waals surface area contributed by atoms with E-state index in [1.54, 1.807) is 0 Å². The molecule has 0 aliphatic carbocycles. The fraction of sp³-hybridized carbons (Fsp3) is 1.00. The van der Waals surface area contributed by atoms with Crippen LogP contribution in [0.2, 0.25) is 0 Å². The fourth-order valence-electron chi connectivity index (χ4n) is 0.331.